The summed E-state index contributed by atoms with van der Waals surface area (Å²) in [6.45, 7) is 4.48. The number of rotatable bonds is 6. The van der Waals surface area contributed by atoms with Crippen LogP contribution in [0.25, 0.3) is 0 Å². The fourth-order valence-corrected chi connectivity index (χ4v) is 1.73. The maximum atomic E-state index is 11.7. The van der Waals surface area contributed by atoms with Gasteiger partial charge in [0.15, 0.2) is 6.10 Å². The lowest BCUT2D eigenvalue weighted by Crippen LogP contribution is -2.36. The Morgan fingerprint density at radius 1 is 1.56 bits per heavy atom. The summed E-state index contributed by atoms with van der Waals surface area (Å²) >= 11 is 3.36. The summed E-state index contributed by atoms with van der Waals surface area (Å²) in [7, 11) is 0. The molecule has 0 radical (unpaired) electrons. The zero-order valence-corrected chi connectivity index (χ0v) is 12.3. The molecular formula is C13H19BrN2O2. The average Bonchev–Trinajstić information content (AvgIpc) is 2.34. The Morgan fingerprint density at radius 3 is 2.94 bits per heavy atom. The molecule has 4 nitrogen and oxygen atoms in total. The van der Waals surface area contributed by atoms with E-state index in [-0.39, 0.29) is 5.91 Å². The first-order valence-corrected chi connectivity index (χ1v) is 6.83. The molecule has 1 atom stereocenters. The summed E-state index contributed by atoms with van der Waals surface area (Å²) in [5.41, 5.74) is 6.28. The molecule has 0 heterocycles. The summed E-state index contributed by atoms with van der Waals surface area (Å²) < 4.78 is 6.36. The second-order valence-electron chi connectivity index (χ2n) is 4.09. The molecule has 1 unspecified atom stereocenters. The average molecular weight is 315 g/mol. The van der Waals surface area contributed by atoms with Crippen molar-refractivity contribution >= 4 is 27.5 Å². The Kier molecular flexibility index (Phi) is 5.98. The molecule has 0 fully saturated rings. The number of carbonyl (C=O) groups excluding carboxylic acids is 1. The minimum absolute atomic E-state index is 0.113. The zero-order chi connectivity index (χ0) is 13.5. The molecule has 0 aromatic heterocycles. The van der Waals surface area contributed by atoms with Crippen LogP contribution in [0.2, 0.25) is 0 Å². The normalized spacial score (nSPS) is 11.9. The van der Waals surface area contributed by atoms with E-state index in [1.807, 2.05) is 0 Å². The molecule has 0 aliphatic heterocycles. The van der Waals surface area contributed by atoms with Crippen LogP contribution in [0.1, 0.15) is 26.7 Å². The largest absolute Gasteiger partial charge is 0.480 e. The second kappa shape index (κ2) is 7.26. The summed E-state index contributed by atoms with van der Waals surface area (Å²) in [4.78, 5) is 11.7. The van der Waals surface area contributed by atoms with Gasteiger partial charge in [-0.15, -0.1) is 0 Å². The van der Waals surface area contributed by atoms with Crippen molar-refractivity contribution in [2.45, 2.75) is 32.8 Å². The van der Waals surface area contributed by atoms with Crippen molar-refractivity contribution in [2.75, 3.05) is 12.3 Å². The van der Waals surface area contributed by atoms with E-state index >= 15 is 0 Å². The highest BCUT2D eigenvalue weighted by Crippen LogP contribution is 2.27. The van der Waals surface area contributed by atoms with E-state index in [4.69, 9.17) is 10.5 Å². The Labute approximate surface area is 116 Å². The Hall–Kier alpha value is -1.23. The van der Waals surface area contributed by atoms with E-state index in [0.29, 0.717) is 18.0 Å². The van der Waals surface area contributed by atoms with E-state index in [0.717, 1.165) is 17.3 Å². The number of nitrogen functional groups attached to an aromatic ring is 1. The molecule has 100 valence electrons. The van der Waals surface area contributed by atoms with Gasteiger partial charge in [-0.3, -0.25) is 4.79 Å². The highest BCUT2D eigenvalue weighted by molar-refractivity contribution is 9.10. The van der Waals surface area contributed by atoms with E-state index in [1.54, 1.807) is 25.1 Å². The molecule has 1 aromatic rings. The monoisotopic (exact) mass is 314 g/mol. The number of benzene rings is 1. The third kappa shape index (κ3) is 4.56. The van der Waals surface area contributed by atoms with Gasteiger partial charge in [-0.25, -0.2) is 0 Å². The van der Waals surface area contributed by atoms with E-state index < -0.39 is 6.10 Å². The van der Waals surface area contributed by atoms with Crippen LogP contribution >= 0.6 is 15.9 Å². The maximum Gasteiger partial charge on any atom is 0.260 e. The van der Waals surface area contributed by atoms with Gasteiger partial charge < -0.3 is 15.8 Å². The topological polar surface area (TPSA) is 64.3 Å². The van der Waals surface area contributed by atoms with E-state index in [9.17, 15) is 4.79 Å². The number of ether oxygens (including phenoxy) is 1. The van der Waals surface area contributed by atoms with Crippen molar-refractivity contribution in [3.63, 3.8) is 0 Å². The molecule has 0 spiro atoms. The van der Waals surface area contributed by atoms with Gasteiger partial charge in [0, 0.05) is 18.3 Å². The highest BCUT2D eigenvalue weighted by atomic mass is 79.9. The molecule has 5 heteroatoms. The molecule has 18 heavy (non-hydrogen) atoms. The number of anilines is 1. The van der Waals surface area contributed by atoms with Crippen molar-refractivity contribution in [1.29, 1.82) is 0 Å². The molecule has 1 aromatic carbocycles. The number of halogens is 1. The smallest absolute Gasteiger partial charge is 0.260 e. The number of hydrogen-bond acceptors (Lipinski definition) is 3. The Balaban J connectivity index is 2.55. The van der Waals surface area contributed by atoms with E-state index in [1.165, 1.54) is 0 Å². The minimum atomic E-state index is -0.542. The fourth-order valence-electron chi connectivity index (χ4n) is 1.39. The number of nitrogens with two attached hydrogens (primary N) is 1. The number of carbonyl (C=O) groups is 1. The van der Waals surface area contributed by atoms with Crippen LogP contribution < -0.4 is 15.8 Å². The van der Waals surface area contributed by atoms with Crippen molar-refractivity contribution in [1.82, 2.24) is 5.32 Å². The van der Waals surface area contributed by atoms with Crippen molar-refractivity contribution in [2.24, 2.45) is 0 Å². The standard InChI is InChI=1S/C13H19BrN2O2/c1-3-4-7-16-13(17)9(2)18-12-8-10(15)5-6-11(12)14/h5-6,8-9H,3-4,7,15H2,1-2H3,(H,16,17). The third-order valence-corrected chi connectivity index (χ3v) is 3.11. The van der Waals surface area contributed by atoms with Crippen molar-refractivity contribution < 1.29 is 9.53 Å². The summed E-state index contributed by atoms with van der Waals surface area (Å²) in [5, 5.41) is 2.83. The van der Waals surface area contributed by atoms with Crippen LogP contribution in [0.15, 0.2) is 22.7 Å². The Morgan fingerprint density at radius 2 is 2.28 bits per heavy atom. The molecule has 1 rings (SSSR count). The van der Waals surface area contributed by atoms with Gasteiger partial charge in [0.25, 0.3) is 5.91 Å². The van der Waals surface area contributed by atoms with Crippen molar-refractivity contribution in [3.8, 4) is 5.75 Å². The van der Waals surface area contributed by atoms with Gasteiger partial charge in [0.1, 0.15) is 5.75 Å². The van der Waals surface area contributed by atoms with Crippen LogP contribution in [0.4, 0.5) is 5.69 Å². The number of amides is 1. The third-order valence-electron chi connectivity index (χ3n) is 2.46. The highest BCUT2D eigenvalue weighted by Gasteiger charge is 2.15. The minimum Gasteiger partial charge on any atom is -0.480 e. The van der Waals surface area contributed by atoms with Gasteiger partial charge >= 0.3 is 0 Å². The molecule has 1 amide bonds. The molecule has 0 aliphatic carbocycles. The van der Waals surface area contributed by atoms with Gasteiger partial charge in [-0.1, -0.05) is 13.3 Å². The Bertz CT molecular complexity index is 410. The lowest BCUT2D eigenvalue weighted by molar-refractivity contribution is -0.127. The van der Waals surface area contributed by atoms with Crippen LogP contribution in [0.5, 0.6) is 5.75 Å². The number of nitrogens with one attached hydrogen (secondary N) is 1. The lowest BCUT2D eigenvalue weighted by atomic mass is 10.3. The molecule has 0 bridgehead atoms. The predicted molar refractivity (Wildman–Crippen MR) is 76.6 cm³/mol. The van der Waals surface area contributed by atoms with Gasteiger partial charge in [-0.2, -0.15) is 0 Å². The van der Waals surface area contributed by atoms with Crippen LogP contribution in [0, 0.1) is 0 Å². The fraction of sp³-hybridized carbons (Fsp3) is 0.462. The molecule has 0 saturated carbocycles. The first kappa shape index (κ1) is 14.8. The summed E-state index contributed by atoms with van der Waals surface area (Å²) in [6, 6.07) is 5.26. The summed E-state index contributed by atoms with van der Waals surface area (Å²) in [5.74, 6) is 0.464. The van der Waals surface area contributed by atoms with Crippen LogP contribution in [-0.2, 0) is 4.79 Å². The zero-order valence-electron chi connectivity index (χ0n) is 10.7. The lowest BCUT2D eigenvalue weighted by Gasteiger charge is -2.16. The van der Waals surface area contributed by atoms with Gasteiger partial charge in [-0.05, 0) is 41.4 Å². The maximum absolute atomic E-state index is 11.7. The molecular weight excluding hydrogens is 296 g/mol. The van der Waals surface area contributed by atoms with Crippen LogP contribution in [-0.4, -0.2) is 18.6 Å². The van der Waals surface area contributed by atoms with Gasteiger partial charge in [0.05, 0.1) is 4.47 Å². The number of hydrogen-bond donors (Lipinski definition) is 2. The first-order chi connectivity index (χ1) is 8.54. The molecule has 0 aliphatic rings. The van der Waals surface area contributed by atoms with Gasteiger partial charge in [0.2, 0.25) is 0 Å². The molecule has 0 saturated heterocycles. The second-order valence-corrected chi connectivity index (χ2v) is 4.95. The predicted octanol–water partition coefficient (Wildman–Crippen LogP) is 2.71. The SMILES string of the molecule is CCCCNC(=O)C(C)Oc1cc(N)ccc1Br. The summed E-state index contributed by atoms with van der Waals surface area (Å²) in [6.07, 6.45) is 1.48. The van der Waals surface area contributed by atoms with E-state index in [2.05, 4.69) is 28.2 Å². The van der Waals surface area contributed by atoms with Crippen molar-refractivity contribution in [3.05, 3.63) is 22.7 Å². The first-order valence-electron chi connectivity index (χ1n) is 6.04. The van der Waals surface area contributed by atoms with Crippen LogP contribution in [0.3, 0.4) is 0 Å². The number of unbranched alkanes of at least 4 members (excludes halogenated alkanes) is 1. The molecule has 3 N–H and O–H groups in total. The quantitative estimate of drug-likeness (QED) is 0.627.